The van der Waals surface area contributed by atoms with Gasteiger partial charge in [-0.15, -0.1) is 0 Å². The van der Waals surface area contributed by atoms with Gasteiger partial charge in [-0.3, -0.25) is 4.79 Å². The van der Waals surface area contributed by atoms with Crippen molar-refractivity contribution in [1.29, 1.82) is 0 Å². The topological polar surface area (TPSA) is 75.4 Å². The Kier molecular flexibility index (Phi) is 3.09. The number of nitrogens with one attached hydrogen (secondary N) is 1. The van der Waals surface area contributed by atoms with Crippen molar-refractivity contribution >= 4 is 28.4 Å². The third-order valence-electron chi connectivity index (χ3n) is 2.82. The van der Waals surface area contributed by atoms with Gasteiger partial charge in [0.1, 0.15) is 11.9 Å². The first kappa shape index (κ1) is 12.2. The highest BCUT2D eigenvalue weighted by atomic mass is 16.4. The quantitative estimate of drug-likeness (QED) is 0.760. The first-order chi connectivity index (χ1) is 9.72. The average Bonchev–Trinajstić information content (AvgIpc) is 2.82. The maximum Gasteiger partial charge on any atom is 0.312 e. The summed E-state index contributed by atoms with van der Waals surface area (Å²) in [5, 5.41) is 12.0. The van der Waals surface area contributed by atoms with E-state index in [1.54, 1.807) is 6.07 Å². The molecule has 0 saturated heterocycles. The molecule has 3 rings (SSSR count). The summed E-state index contributed by atoms with van der Waals surface area (Å²) in [6.45, 7) is 0. The molecule has 0 bridgehead atoms. The number of carboxylic acid groups (broad SMARTS) is 1. The molecule has 5 nitrogen and oxygen atoms in total. The van der Waals surface area contributed by atoms with Crippen molar-refractivity contribution in [3.63, 3.8) is 0 Å². The number of carboxylic acids is 1. The Hall–Kier alpha value is -2.82. The van der Waals surface area contributed by atoms with Crippen molar-refractivity contribution in [2.75, 3.05) is 5.32 Å². The molecule has 0 aliphatic heterocycles. The second kappa shape index (κ2) is 5.05. The molecule has 0 aliphatic rings. The molecule has 2 N–H and O–H groups in total. The lowest BCUT2D eigenvalue weighted by Crippen LogP contribution is -1.99. The van der Waals surface area contributed by atoms with Crippen LogP contribution in [-0.4, -0.2) is 16.1 Å². The monoisotopic (exact) mass is 268 g/mol. The molecule has 0 atom stereocenters. The Bertz CT molecular complexity index is 750. The molecule has 2 aromatic carbocycles. The molecule has 0 fully saturated rings. The lowest BCUT2D eigenvalue weighted by atomic mass is 10.2. The van der Waals surface area contributed by atoms with Crippen LogP contribution in [0.5, 0.6) is 0 Å². The third kappa shape index (κ3) is 2.47. The van der Waals surface area contributed by atoms with Gasteiger partial charge >= 0.3 is 5.97 Å². The zero-order valence-electron chi connectivity index (χ0n) is 10.5. The van der Waals surface area contributed by atoms with Crippen molar-refractivity contribution in [3.05, 3.63) is 54.4 Å². The standard InChI is InChI=1S/C15H12N2O3/c18-14(19)9-13-17-15-11(7-4-8-12(15)20-13)16-10-5-2-1-3-6-10/h1-8,16H,9H2,(H,18,19). The summed E-state index contributed by atoms with van der Waals surface area (Å²) in [7, 11) is 0. The molecule has 0 spiro atoms. The summed E-state index contributed by atoms with van der Waals surface area (Å²) in [6.07, 6.45) is -0.223. The normalized spacial score (nSPS) is 10.6. The molecule has 1 aromatic heterocycles. The van der Waals surface area contributed by atoms with E-state index in [9.17, 15) is 4.79 Å². The second-order valence-corrected chi connectivity index (χ2v) is 4.32. The smallest absolute Gasteiger partial charge is 0.312 e. The zero-order valence-corrected chi connectivity index (χ0v) is 10.5. The van der Waals surface area contributed by atoms with E-state index in [0.29, 0.717) is 11.1 Å². The minimum absolute atomic E-state index is 0.204. The number of rotatable bonds is 4. The number of hydrogen-bond acceptors (Lipinski definition) is 4. The van der Waals surface area contributed by atoms with Crippen molar-refractivity contribution in [2.45, 2.75) is 6.42 Å². The number of carbonyl (C=O) groups is 1. The molecule has 20 heavy (non-hydrogen) atoms. The number of aliphatic carboxylic acids is 1. The van der Waals surface area contributed by atoms with Gasteiger partial charge in [0.25, 0.3) is 0 Å². The Morgan fingerprint density at radius 2 is 1.95 bits per heavy atom. The summed E-state index contributed by atoms with van der Waals surface area (Å²) >= 11 is 0. The Morgan fingerprint density at radius 3 is 2.70 bits per heavy atom. The first-order valence-corrected chi connectivity index (χ1v) is 6.15. The fourth-order valence-corrected chi connectivity index (χ4v) is 1.98. The lowest BCUT2D eigenvalue weighted by molar-refractivity contribution is -0.136. The van der Waals surface area contributed by atoms with E-state index in [4.69, 9.17) is 9.52 Å². The number of oxazole rings is 1. The van der Waals surface area contributed by atoms with E-state index in [1.165, 1.54) is 0 Å². The van der Waals surface area contributed by atoms with Gasteiger partial charge in [-0.1, -0.05) is 24.3 Å². The maximum atomic E-state index is 10.7. The fourth-order valence-electron chi connectivity index (χ4n) is 1.98. The van der Waals surface area contributed by atoms with Crippen LogP contribution in [0.25, 0.3) is 11.1 Å². The Labute approximate surface area is 114 Å². The van der Waals surface area contributed by atoms with Crippen LogP contribution in [0.3, 0.4) is 0 Å². The van der Waals surface area contributed by atoms with Crippen LogP contribution >= 0.6 is 0 Å². The van der Waals surface area contributed by atoms with Crippen LogP contribution in [-0.2, 0) is 11.2 Å². The molecule has 5 heteroatoms. The SMILES string of the molecule is O=C(O)Cc1nc2c(Nc3ccccc3)cccc2o1. The van der Waals surface area contributed by atoms with Gasteiger partial charge in [0.15, 0.2) is 5.58 Å². The van der Waals surface area contributed by atoms with Gasteiger partial charge in [0.2, 0.25) is 5.89 Å². The highest BCUT2D eigenvalue weighted by Gasteiger charge is 2.12. The average molecular weight is 268 g/mol. The summed E-state index contributed by atoms with van der Waals surface area (Å²) < 4.78 is 5.43. The molecule has 3 aromatic rings. The van der Waals surface area contributed by atoms with E-state index in [1.807, 2.05) is 42.5 Å². The van der Waals surface area contributed by atoms with Gasteiger partial charge in [-0.25, -0.2) is 4.98 Å². The lowest BCUT2D eigenvalue weighted by Gasteiger charge is -2.05. The summed E-state index contributed by atoms with van der Waals surface area (Å²) in [6, 6.07) is 15.2. The van der Waals surface area contributed by atoms with E-state index in [0.717, 1.165) is 11.4 Å². The first-order valence-electron chi connectivity index (χ1n) is 6.15. The summed E-state index contributed by atoms with van der Waals surface area (Å²) in [5.41, 5.74) is 2.92. The molecule has 1 heterocycles. The van der Waals surface area contributed by atoms with Crippen molar-refractivity contribution in [1.82, 2.24) is 4.98 Å². The Morgan fingerprint density at radius 1 is 1.15 bits per heavy atom. The van der Waals surface area contributed by atoms with Crippen molar-refractivity contribution in [3.8, 4) is 0 Å². The number of benzene rings is 2. The number of aromatic nitrogens is 1. The van der Waals surface area contributed by atoms with Gasteiger partial charge in [0, 0.05) is 5.69 Å². The van der Waals surface area contributed by atoms with Gasteiger partial charge in [-0.05, 0) is 24.3 Å². The van der Waals surface area contributed by atoms with E-state index < -0.39 is 5.97 Å². The Balaban J connectivity index is 1.98. The number of hydrogen-bond donors (Lipinski definition) is 2. The molecular weight excluding hydrogens is 256 g/mol. The van der Waals surface area contributed by atoms with Crippen LogP contribution < -0.4 is 5.32 Å². The van der Waals surface area contributed by atoms with Gasteiger partial charge in [-0.2, -0.15) is 0 Å². The van der Waals surface area contributed by atoms with E-state index in [-0.39, 0.29) is 12.3 Å². The zero-order chi connectivity index (χ0) is 13.9. The molecule has 0 aliphatic carbocycles. The molecule has 0 unspecified atom stereocenters. The number of fused-ring (bicyclic) bond motifs is 1. The largest absolute Gasteiger partial charge is 0.481 e. The predicted molar refractivity (Wildman–Crippen MR) is 75.1 cm³/mol. The predicted octanol–water partition coefficient (Wildman–Crippen LogP) is 3.20. The number of nitrogens with zero attached hydrogens (tertiary/aromatic N) is 1. The highest BCUT2D eigenvalue weighted by Crippen LogP contribution is 2.26. The number of anilines is 2. The summed E-state index contributed by atoms with van der Waals surface area (Å²) in [4.78, 5) is 14.9. The van der Waals surface area contributed by atoms with Gasteiger partial charge in [0.05, 0.1) is 5.69 Å². The van der Waals surface area contributed by atoms with Crippen LogP contribution in [0.4, 0.5) is 11.4 Å². The van der Waals surface area contributed by atoms with Crippen molar-refractivity contribution < 1.29 is 14.3 Å². The van der Waals surface area contributed by atoms with Crippen LogP contribution in [0.15, 0.2) is 52.9 Å². The maximum absolute atomic E-state index is 10.7. The highest BCUT2D eigenvalue weighted by molar-refractivity contribution is 5.89. The summed E-state index contributed by atoms with van der Waals surface area (Å²) in [5.74, 6) is -0.760. The van der Waals surface area contributed by atoms with E-state index >= 15 is 0 Å². The van der Waals surface area contributed by atoms with Crippen LogP contribution in [0, 0.1) is 0 Å². The minimum atomic E-state index is -0.964. The van der Waals surface area contributed by atoms with Crippen LogP contribution in [0.1, 0.15) is 5.89 Å². The minimum Gasteiger partial charge on any atom is -0.481 e. The number of para-hydroxylation sites is 2. The molecule has 0 radical (unpaired) electrons. The molecule has 0 amide bonds. The molecule has 0 saturated carbocycles. The van der Waals surface area contributed by atoms with E-state index in [2.05, 4.69) is 10.3 Å². The van der Waals surface area contributed by atoms with Crippen LogP contribution in [0.2, 0.25) is 0 Å². The molecule has 100 valence electrons. The van der Waals surface area contributed by atoms with Crippen molar-refractivity contribution in [2.24, 2.45) is 0 Å². The fraction of sp³-hybridized carbons (Fsp3) is 0.0667. The van der Waals surface area contributed by atoms with Gasteiger partial charge < -0.3 is 14.8 Å². The third-order valence-corrected chi connectivity index (χ3v) is 2.82. The second-order valence-electron chi connectivity index (χ2n) is 4.32. The molecular formula is C15H12N2O3.